The lowest BCUT2D eigenvalue weighted by Crippen LogP contribution is -2.35. The number of nitrogens with two attached hydrogens (primary N) is 1. The van der Waals surface area contributed by atoms with Gasteiger partial charge in [0.1, 0.15) is 5.82 Å². The van der Waals surface area contributed by atoms with E-state index < -0.39 is 0 Å². The fourth-order valence-corrected chi connectivity index (χ4v) is 2.26. The third-order valence-electron chi connectivity index (χ3n) is 2.87. The zero-order valence-corrected chi connectivity index (χ0v) is 9.59. The summed E-state index contributed by atoms with van der Waals surface area (Å²) in [5, 5.41) is 3.99. The number of aromatic nitrogens is 1. The molecule has 15 heavy (non-hydrogen) atoms. The average molecular weight is 226 g/mol. The van der Waals surface area contributed by atoms with Gasteiger partial charge >= 0.3 is 0 Å². The Hall–Kier alpha value is -0.800. The minimum absolute atomic E-state index is 0.226. The first kappa shape index (κ1) is 10.7. The summed E-state index contributed by atoms with van der Waals surface area (Å²) in [5.41, 5.74) is 7.04. The molecule has 0 radical (unpaired) electrons. The number of aryl methyl sites for hydroxylation is 1. The van der Waals surface area contributed by atoms with Crippen LogP contribution in [0.3, 0.4) is 0 Å². The molecule has 0 unspecified atom stereocenters. The van der Waals surface area contributed by atoms with E-state index in [1.54, 1.807) is 0 Å². The monoisotopic (exact) mass is 225 g/mol. The van der Waals surface area contributed by atoms with Crippen molar-refractivity contribution in [3.05, 3.63) is 22.8 Å². The number of anilines is 1. The van der Waals surface area contributed by atoms with Crippen LogP contribution in [0.25, 0.3) is 0 Å². The zero-order chi connectivity index (χ0) is 10.8. The van der Waals surface area contributed by atoms with Gasteiger partial charge in [0, 0.05) is 18.3 Å². The van der Waals surface area contributed by atoms with Crippen LogP contribution in [0, 0.1) is 6.92 Å². The van der Waals surface area contributed by atoms with Crippen molar-refractivity contribution in [3.8, 4) is 0 Å². The average Bonchev–Trinajstić information content (AvgIpc) is 2.57. The number of halogens is 1. The van der Waals surface area contributed by atoms with Gasteiger partial charge in [0.25, 0.3) is 0 Å². The number of pyridine rings is 1. The Balaban J connectivity index is 2.10. The Morgan fingerprint density at radius 1 is 1.53 bits per heavy atom. The maximum absolute atomic E-state index is 6.09. The Labute approximate surface area is 95.0 Å². The summed E-state index contributed by atoms with van der Waals surface area (Å²) in [5.74, 6) is 0.754. The summed E-state index contributed by atoms with van der Waals surface area (Å²) in [6.07, 6.45) is 5.19. The molecule has 0 amide bonds. The van der Waals surface area contributed by atoms with Crippen molar-refractivity contribution < 1.29 is 0 Å². The van der Waals surface area contributed by atoms with E-state index in [4.69, 9.17) is 17.3 Å². The molecule has 3 N–H and O–H groups in total. The highest BCUT2D eigenvalue weighted by Crippen LogP contribution is 2.25. The molecule has 3 nitrogen and oxygen atoms in total. The second-order valence-corrected chi connectivity index (χ2v) is 4.60. The second kappa shape index (κ2) is 4.37. The van der Waals surface area contributed by atoms with Gasteiger partial charge in [-0.15, -0.1) is 0 Å². The predicted molar refractivity (Wildman–Crippen MR) is 63.2 cm³/mol. The predicted octanol–water partition coefficient (Wildman–Crippen LogP) is 2.34. The van der Waals surface area contributed by atoms with Crippen molar-refractivity contribution in [3.63, 3.8) is 0 Å². The molecule has 0 aromatic carbocycles. The highest BCUT2D eigenvalue weighted by molar-refractivity contribution is 6.32. The first-order valence-corrected chi connectivity index (χ1v) is 5.69. The molecular formula is C11H16ClN3. The van der Waals surface area contributed by atoms with Gasteiger partial charge in [-0.1, -0.05) is 11.6 Å². The van der Waals surface area contributed by atoms with E-state index in [9.17, 15) is 0 Å². The fourth-order valence-electron chi connectivity index (χ4n) is 1.98. The van der Waals surface area contributed by atoms with E-state index in [-0.39, 0.29) is 6.04 Å². The quantitative estimate of drug-likeness (QED) is 0.813. The van der Waals surface area contributed by atoms with Crippen LogP contribution in [-0.2, 0) is 0 Å². The third kappa shape index (κ3) is 2.41. The van der Waals surface area contributed by atoms with Crippen LogP contribution < -0.4 is 11.1 Å². The van der Waals surface area contributed by atoms with E-state index in [0.717, 1.165) is 24.2 Å². The zero-order valence-electron chi connectivity index (χ0n) is 8.83. The summed E-state index contributed by atoms with van der Waals surface area (Å²) in [6.45, 7) is 1.98. The Kier molecular flexibility index (Phi) is 3.12. The maximum atomic E-state index is 6.09. The van der Waals surface area contributed by atoms with Crippen molar-refractivity contribution >= 4 is 17.4 Å². The first-order chi connectivity index (χ1) is 7.16. The molecule has 0 aliphatic heterocycles. The van der Waals surface area contributed by atoms with Crippen LogP contribution in [0.1, 0.15) is 24.8 Å². The summed E-state index contributed by atoms with van der Waals surface area (Å²) >= 11 is 6.09. The smallest absolute Gasteiger partial charge is 0.145 e. The summed E-state index contributed by atoms with van der Waals surface area (Å²) < 4.78 is 0. The minimum atomic E-state index is 0.226. The molecule has 1 heterocycles. The number of hydrogen-bond acceptors (Lipinski definition) is 3. The van der Waals surface area contributed by atoms with Gasteiger partial charge < -0.3 is 11.1 Å². The Morgan fingerprint density at radius 2 is 2.33 bits per heavy atom. The van der Waals surface area contributed by atoms with Crippen molar-refractivity contribution in [2.45, 2.75) is 38.3 Å². The molecular weight excluding hydrogens is 210 g/mol. The van der Waals surface area contributed by atoms with Crippen molar-refractivity contribution in [2.75, 3.05) is 5.32 Å². The van der Waals surface area contributed by atoms with Crippen LogP contribution in [-0.4, -0.2) is 17.1 Å². The standard InChI is InChI=1S/C11H16ClN3/c1-7-5-8(12)11(14-6-7)15-10-4-2-3-9(10)13/h5-6,9-10H,2-4,13H2,1H3,(H,14,15)/t9-,10-/m0/s1. The Morgan fingerprint density at radius 3 is 2.93 bits per heavy atom. The van der Waals surface area contributed by atoms with Crippen LogP contribution in [0.2, 0.25) is 5.02 Å². The van der Waals surface area contributed by atoms with Gasteiger partial charge in [-0.05, 0) is 37.8 Å². The summed E-state index contributed by atoms with van der Waals surface area (Å²) in [7, 11) is 0. The SMILES string of the molecule is Cc1cnc(N[C@H]2CCC[C@@H]2N)c(Cl)c1. The summed E-state index contributed by atoms with van der Waals surface area (Å²) in [6, 6.07) is 2.46. The normalized spacial score (nSPS) is 25.5. The van der Waals surface area contributed by atoms with E-state index in [1.807, 2.05) is 19.2 Å². The molecule has 2 rings (SSSR count). The number of nitrogens with zero attached hydrogens (tertiary/aromatic N) is 1. The lowest BCUT2D eigenvalue weighted by Gasteiger charge is -2.18. The van der Waals surface area contributed by atoms with Crippen molar-refractivity contribution in [1.82, 2.24) is 4.98 Å². The highest BCUT2D eigenvalue weighted by atomic mass is 35.5. The largest absolute Gasteiger partial charge is 0.365 e. The molecule has 2 atom stereocenters. The molecule has 1 aromatic rings. The highest BCUT2D eigenvalue weighted by Gasteiger charge is 2.24. The molecule has 1 aliphatic rings. The van der Waals surface area contributed by atoms with Gasteiger partial charge in [0.05, 0.1) is 5.02 Å². The van der Waals surface area contributed by atoms with Gasteiger partial charge in [-0.25, -0.2) is 4.98 Å². The summed E-state index contributed by atoms with van der Waals surface area (Å²) in [4.78, 5) is 4.28. The fraction of sp³-hybridized carbons (Fsp3) is 0.545. The molecule has 4 heteroatoms. The molecule has 0 spiro atoms. The third-order valence-corrected chi connectivity index (χ3v) is 3.16. The second-order valence-electron chi connectivity index (χ2n) is 4.19. The van der Waals surface area contributed by atoms with E-state index in [1.165, 1.54) is 6.42 Å². The number of rotatable bonds is 2. The van der Waals surface area contributed by atoms with Gasteiger partial charge in [0.15, 0.2) is 0 Å². The van der Waals surface area contributed by atoms with Crippen LogP contribution >= 0.6 is 11.6 Å². The molecule has 1 aromatic heterocycles. The molecule has 0 bridgehead atoms. The molecule has 82 valence electrons. The Bertz CT molecular complexity index is 354. The number of hydrogen-bond donors (Lipinski definition) is 2. The van der Waals surface area contributed by atoms with Gasteiger partial charge in [-0.2, -0.15) is 0 Å². The van der Waals surface area contributed by atoms with Crippen LogP contribution in [0.4, 0.5) is 5.82 Å². The van der Waals surface area contributed by atoms with Crippen LogP contribution in [0.15, 0.2) is 12.3 Å². The molecule has 1 saturated carbocycles. The van der Waals surface area contributed by atoms with Crippen molar-refractivity contribution in [1.29, 1.82) is 0 Å². The van der Waals surface area contributed by atoms with Crippen LogP contribution in [0.5, 0.6) is 0 Å². The van der Waals surface area contributed by atoms with E-state index in [0.29, 0.717) is 11.1 Å². The molecule has 1 fully saturated rings. The molecule has 1 aliphatic carbocycles. The minimum Gasteiger partial charge on any atom is -0.365 e. The van der Waals surface area contributed by atoms with Gasteiger partial charge in [0.2, 0.25) is 0 Å². The topological polar surface area (TPSA) is 50.9 Å². The van der Waals surface area contributed by atoms with E-state index in [2.05, 4.69) is 10.3 Å². The first-order valence-electron chi connectivity index (χ1n) is 5.31. The lowest BCUT2D eigenvalue weighted by molar-refractivity contribution is 0.635. The number of nitrogens with one attached hydrogen (secondary N) is 1. The van der Waals surface area contributed by atoms with Gasteiger partial charge in [-0.3, -0.25) is 0 Å². The van der Waals surface area contributed by atoms with Crippen molar-refractivity contribution in [2.24, 2.45) is 5.73 Å². The molecule has 0 saturated heterocycles. The van der Waals surface area contributed by atoms with E-state index >= 15 is 0 Å². The lowest BCUT2D eigenvalue weighted by atomic mass is 10.2. The maximum Gasteiger partial charge on any atom is 0.145 e.